The first-order valence-corrected chi connectivity index (χ1v) is 7.88. The average Bonchev–Trinajstić information content (AvgIpc) is 3.03. The van der Waals surface area contributed by atoms with Crippen molar-refractivity contribution < 1.29 is 5.11 Å². The predicted octanol–water partition coefficient (Wildman–Crippen LogP) is 2.65. The van der Waals surface area contributed by atoms with E-state index in [1.807, 2.05) is 17.1 Å². The predicted molar refractivity (Wildman–Crippen MR) is 89.5 cm³/mol. The minimum absolute atomic E-state index is 0.203. The van der Waals surface area contributed by atoms with Gasteiger partial charge in [0.25, 0.3) is 0 Å². The van der Waals surface area contributed by atoms with E-state index in [-0.39, 0.29) is 6.61 Å². The van der Waals surface area contributed by atoms with E-state index >= 15 is 0 Å². The Morgan fingerprint density at radius 3 is 2.59 bits per heavy atom. The Balaban J connectivity index is 1.72. The molecule has 0 amide bonds. The van der Waals surface area contributed by atoms with Gasteiger partial charge < -0.3 is 10.0 Å². The van der Waals surface area contributed by atoms with Gasteiger partial charge in [0.05, 0.1) is 6.20 Å². The fourth-order valence-corrected chi connectivity index (χ4v) is 2.78. The highest BCUT2D eigenvalue weighted by molar-refractivity contribution is 5.70. The molecule has 2 heterocycles. The lowest BCUT2D eigenvalue weighted by Crippen LogP contribution is -2.23. The van der Waals surface area contributed by atoms with Crippen molar-refractivity contribution in [3.05, 3.63) is 48.3 Å². The van der Waals surface area contributed by atoms with E-state index in [0.29, 0.717) is 0 Å². The van der Waals surface area contributed by atoms with Crippen LogP contribution in [0.4, 0.5) is 0 Å². The maximum atomic E-state index is 8.87. The number of aromatic nitrogens is 2. The zero-order valence-electron chi connectivity index (χ0n) is 13.1. The SMILES string of the molecule is CN1CC=C(c2ccc(-c3cnn(CCCO)c3)cc2)CC1. The van der Waals surface area contributed by atoms with Crippen molar-refractivity contribution in [3.8, 4) is 11.1 Å². The summed E-state index contributed by atoms with van der Waals surface area (Å²) < 4.78 is 1.89. The highest BCUT2D eigenvalue weighted by Gasteiger charge is 2.10. The van der Waals surface area contributed by atoms with Gasteiger partial charge in [-0.1, -0.05) is 30.3 Å². The van der Waals surface area contributed by atoms with Gasteiger partial charge >= 0.3 is 0 Å². The van der Waals surface area contributed by atoms with Crippen molar-refractivity contribution in [2.24, 2.45) is 0 Å². The second kappa shape index (κ2) is 6.90. The van der Waals surface area contributed by atoms with Crippen molar-refractivity contribution in [2.45, 2.75) is 19.4 Å². The molecule has 3 rings (SSSR count). The normalized spacial score (nSPS) is 15.8. The molecule has 116 valence electrons. The summed E-state index contributed by atoms with van der Waals surface area (Å²) in [6, 6.07) is 8.75. The topological polar surface area (TPSA) is 41.3 Å². The van der Waals surface area contributed by atoms with Crippen LogP contribution < -0.4 is 0 Å². The lowest BCUT2D eigenvalue weighted by Gasteiger charge is -2.22. The van der Waals surface area contributed by atoms with E-state index in [2.05, 4.69) is 47.4 Å². The Morgan fingerprint density at radius 1 is 1.14 bits per heavy atom. The summed E-state index contributed by atoms with van der Waals surface area (Å²) >= 11 is 0. The van der Waals surface area contributed by atoms with Gasteiger partial charge in [0.15, 0.2) is 0 Å². The molecule has 0 saturated carbocycles. The van der Waals surface area contributed by atoms with Crippen LogP contribution in [0, 0.1) is 0 Å². The fraction of sp³-hybridized carbons (Fsp3) is 0.389. The van der Waals surface area contributed by atoms with Gasteiger partial charge in [-0.3, -0.25) is 4.68 Å². The van der Waals surface area contributed by atoms with E-state index in [4.69, 9.17) is 5.11 Å². The third kappa shape index (κ3) is 3.46. The van der Waals surface area contributed by atoms with Crippen molar-refractivity contribution in [3.63, 3.8) is 0 Å². The van der Waals surface area contributed by atoms with Crippen LogP contribution in [0.5, 0.6) is 0 Å². The summed E-state index contributed by atoms with van der Waals surface area (Å²) in [5.41, 5.74) is 5.09. The summed E-state index contributed by atoms with van der Waals surface area (Å²) in [6.07, 6.45) is 8.11. The molecule has 0 atom stereocenters. The summed E-state index contributed by atoms with van der Waals surface area (Å²) in [6.45, 7) is 3.13. The second-order valence-electron chi connectivity index (χ2n) is 5.89. The molecule has 2 aromatic rings. The van der Waals surface area contributed by atoms with E-state index in [1.165, 1.54) is 16.7 Å². The minimum atomic E-state index is 0.203. The van der Waals surface area contributed by atoms with Gasteiger partial charge in [-0.2, -0.15) is 5.10 Å². The lowest BCUT2D eigenvalue weighted by molar-refractivity contribution is 0.277. The van der Waals surface area contributed by atoms with Crippen LogP contribution in [-0.2, 0) is 6.54 Å². The molecule has 22 heavy (non-hydrogen) atoms. The Kier molecular flexibility index (Phi) is 4.71. The summed E-state index contributed by atoms with van der Waals surface area (Å²) in [4.78, 5) is 2.33. The van der Waals surface area contributed by atoms with E-state index in [0.717, 1.165) is 38.0 Å². The summed E-state index contributed by atoms with van der Waals surface area (Å²) in [7, 11) is 2.16. The van der Waals surface area contributed by atoms with Crippen molar-refractivity contribution in [2.75, 3.05) is 26.7 Å². The second-order valence-corrected chi connectivity index (χ2v) is 5.89. The fourth-order valence-electron chi connectivity index (χ4n) is 2.78. The third-order valence-electron chi connectivity index (χ3n) is 4.18. The maximum Gasteiger partial charge on any atom is 0.0568 e. The molecule has 1 aliphatic rings. The van der Waals surface area contributed by atoms with Crippen molar-refractivity contribution >= 4 is 5.57 Å². The highest BCUT2D eigenvalue weighted by Crippen LogP contribution is 2.25. The Hall–Kier alpha value is -1.91. The molecule has 0 fully saturated rings. The number of likely N-dealkylation sites (N-methyl/N-ethyl adjacent to an activating group) is 1. The largest absolute Gasteiger partial charge is 0.396 e. The first-order valence-electron chi connectivity index (χ1n) is 7.88. The Morgan fingerprint density at radius 2 is 1.91 bits per heavy atom. The molecule has 1 N–H and O–H groups in total. The van der Waals surface area contributed by atoms with Crippen molar-refractivity contribution in [1.82, 2.24) is 14.7 Å². The zero-order valence-corrected chi connectivity index (χ0v) is 13.1. The number of aliphatic hydroxyl groups excluding tert-OH is 1. The standard InChI is InChI=1S/C18H23N3O/c1-20-10-7-17(8-11-20)15-3-5-16(6-4-15)18-13-19-21(14-18)9-2-12-22/h3-7,13-14,22H,2,8-12H2,1H3. The van der Waals surface area contributed by atoms with Crippen molar-refractivity contribution in [1.29, 1.82) is 0 Å². The van der Waals surface area contributed by atoms with Gasteiger partial charge in [0.1, 0.15) is 0 Å². The number of rotatable bonds is 5. The smallest absolute Gasteiger partial charge is 0.0568 e. The van der Waals surface area contributed by atoms with Crippen LogP contribution in [-0.4, -0.2) is 46.5 Å². The molecule has 0 bridgehead atoms. The van der Waals surface area contributed by atoms with Gasteiger partial charge in [-0.05, 0) is 36.6 Å². The third-order valence-corrected chi connectivity index (χ3v) is 4.18. The van der Waals surface area contributed by atoms with E-state index in [9.17, 15) is 0 Å². The lowest BCUT2D eigenvalue weighted by atomic mass is 9.97. The number of nitrogens with zero attached hydrogens (tertiary/aromatic N) is 3. The number of hydrogen-bond donors (Lipinski definition) is 1. The number of aliphatic hydroxyl groups is 1. The van der Waals surface area contributed by atoms with E-state index in [1.54, 1.807) is 0 Å². The van der Waals surface area contributed by atoms with Gasteiger partial charge in [-0.15, -0.1) is 0 Å². The maximum absolute atomic E-state index is 8.87. The molecule has 4 nitrogen and oxygen atoms in total. The van der Waals surface area contributed by atoms with Crippen LogP contribution in [0.2, 0.25) is 0 Å². The highest BCUT2D eigenvalue weighted by atomic mass is 16.3. The molecule has 0 aliphatic carbocycles. The number of hydrogen-bond acceptors (Lipinski definition) is 3. The monoisotopic (exact) mass is 297 g/mol. The van der Waals surface area contributed by atoms with Crippen LogP contribution in [0.1, 0.15) is 18.4 Å². The van der Waals surface area contributed by atoms with E-state index < -0.39 is 0 Å². The molecule has 1 aromatic heterocycles. The summed E-state index contributed by atoms with van der Waals surface area (Å²) in [5.74, 6) is 0. The number of aryl methyl sites for hydroxylation is 1. The first kappa shape index (κ1) is 15.0. The molecular weight excluding hydrogens is 274 g/mol. The minimum Gasteiger partial charge on any atom is -0.396 e. The quantitative estimate of drug-likeness (QED) is 0.922. The van der Waals surface area contributed by atoms with Crippen LogP contribution in [0.25, 0.3) is 16.7 Å². The molecule has 0 radical (unpaired) electrons. The van der Waals surface area contributed by atoms with Gasteiger partial charge in [0.2, 0.25) is 0 Å². The molecular formula is C18H23N3O. The van der Waals surface area contributed by atoms with Crippen LogP contribution in [0.3, 0.4) is 0 Å². The summed E-state index contributed by atoms with van der Waals surface area (Å²) in [5, 5.41) is 13.2. The first-order chi connectivity index (χ1) is 10.8. The number of benzene rings is 1. The van der Waals surface area contributed by atoms with Gasteiger partial charge in [-0.25, -0.2) is 0 Å². The van der Waals surface area contributed by atoms with Gasteiger partial charge in [0, 0.05) is 38.0 Å². The Labute approximate surface area is 131 Å². The Bertz CT molecular complexity index is 643. The molecule has 0 spiro atoms. The zero-order chi connectivity index (χ0) is 15.4. The molecule has 1 aliphatic heterocycles. The molecule has 0 saturated heterocycles. The molecule has 4 heteroatoms. The van der Waals surface area contributed by atoms with Crippen LogP contribution in [0.15, 0.2) is 42.7 Å². The molecule has 1 aromatic carbocycles. The molecule has 0 unspecified atom stereocenters. The van der Waals surface area contributed by atoms with Crippen LogP contribution >= 0.6 is 0 Å². The average molecular weight is 297 g/mol.